The van der Waals surface area contributed by atoms with Crippen molar-refractivity contribution in [3.8, 4) is 5.75 Å². The van der Waals surface area contributed by atoms with Gasteiger partial charge in [-0.1, -0.05) is 12.8 Å². The number of hydrogen-bond donors (Lipinski definition) is 0. The second kappa shape index (κ2) is 6.63. The predicted molar refractivity (Wildman–Crippen MR) is 88.7 cm³/mol. The van der Waals surface area contributed by atoms with E-state index in [9.17, 15) is 14.4 Å². The summed E-state index contributed by atoms with van der Waals surface area (Å²) in [7, 11) is 1.56. The van der Waals surface area contributed by atoms with Crippen LogP contribution in [0.1, 0.15) is 39.0 Å². The molecule has 1 saturated heterocycles. The first-order valence-electron chi connectivity index (χ1n) is 8.32. The zero-order chi connectivity index (χ0) is 17.3. The summed E-state index contributed by atoms with van der Waals surface area (Å²) in [5.41, 5.74) is 0.517. The standard InChI is InChI=1S/C18H22N2O4/c1-12(21)19(13-5-3-4-6-13)16-11-17(22)20(18(16)23)14-7-9-15(24-2)10-8-14/h7-10,13,16H,3-6,11H2,1-2H3. The Morgan fingerprint density at radius 1 is 1.17 bits per heavy atom. The van der Waals surface area contributed by atoms with Crippen LogP contribution in [0.25, 0.3) is 0 Å². The van der Waals surface area contributed by atoms with Gasteiger partial charge in [-0.25, -0.2) is 4.90 Å². The number of nitrogens with zero attached hydrogens (tertiary/aromatic N) is 2. The van der Waals surface area contributed by atoms with Crippen LogP contribution in [0.2, 0.25) is 0 Å². The highest BCUT2D eigenvalue weighted by Crippen LogP contribution is 2.32. The highest BCUT2D eigenvalue weighted by molar-refractivity contribution is 6.23. The molecule has 3 rings (SSSR count). The SMILES string of the molecule is COc1ccc(N2C(=O)CC(N(C(C)=O)C3CCCC3)C2=O)cc1. The van der Waals surface area contributed by atoms with E-state index in [0.717, 1.165) is 25.7 Å². The number of amides is 3. The number of imide groups is 1. The summed E-state index contributed by atoms with van der Waals surface area (Å²) in [6, 6.07) is 6.18. The summed E-state index contributed by atoms with van der Waals surface area (Å²) >= 11 is 0. The van der Waals surface area contributed by atoms with E-state index in [0.29, 0.717) is 11.4 Å². The minimum atomic E-state index is -0.680. The number of methoxy groups -OCH3 is 1. The molecule has 1 aromatic carbocycles. The van der Waals surface area contributed by atoms with Crippen LogP contribution < -0.4 is 9.64 Å². The molecule has 0 aromatic heterocycles. The molecule has 1 atom stereocenters. The molecule has 1 aliphatic carbocycles. The summed E-state index contributed by atoms with van der Waals surface area (Å²) in [4.78, 5) is 40.2. The Bertz CT molecular complexity index is 649. The third kappa shape index (κ3) is 2.88. The van der Waals surface area contributed by atoms with Crippen LogP contribution >= 0.6 is 0 Å². The molecule has 0 radical (unpaired) electrons. The van der Waals surface area contributed by atoms with Crippen LogP contribution in [0, 0.1) is 0 Å². The van der Waals surface area contributed by atoms with E-state index < -0.39 is 6.04 Å². The van der Waals surface area contributed by atoms with Crippen molar-refractivity contribution >= 4 is 23.4 Å². The van der Waals surface area contributed by atoms with Gasteiger partial charge in [-0.3, -0.25) is 14.4 Å². The van der Waals surface area contributed by atoms with Crippen molar-refractivity contribution in [3.05, 3.63) is 24.3 Å². The lowest BCUT2D eigenvalue weighted by molar-refractivity contribution is -0.139. The van der Waals surface area contributed by atoms with Crippen LogP contribution in [0.4, 0.5) is 5.69 Å². The van der Waals surface area contributed by atoms with E-state index >= 15 is 0 Å². The average Bonchev–Trinajstić information content (AvgIpc) is 3.17. The van der Waals surface area contributed by atoms with Gasteiger partial charge >= 0.3 is 0 Å². The van der Waals surface area contributed by atoms with Crippen molar-refractivity contribution in [2.45, 2.75) is 51.1 Å². The maximum atomic E-state index is 12.9. The maximum Gasteiger partial charge on any atom is 0.257 e. The minimum absolute atomic E-state index is 0.0565. The Hall–Kier alpha value is -2.37. The lowest BCUT2D eigenvalue weighted by Gasteiger charge is -2.32. The first-order chi connectivity index (χ1) is 11.5. The molecule has 128 valence electrons. The van der Waals surface area contributed by atoms with Gasteiger partial charge in [-0.2, -0.15) is 0 Å². The van der Waals surface area contributed by atoms with Crippen LogP contribution in [0.3, 0.4) is 0 Å². The normalized spacial score (nSPS) is 21.4. The van der Waals surface area contributed by atoms with Gasteiger partial charge in [0.05, 0.1) is 19.2 Å². The van der Waals surface area contributed by atoms with Crippen molar-refractivity contribution < 1.29 is 19.1 Å². The third-order valence-corrected chi connectivity index (χ3v) is 4.87. The molecule has 6 nitrogen and oxygen atoms in total. The van der Waals surface area contributed by atoms with E-state index in [1.807, 2.05) is 0 Å². The van der Waals surface area contributed by atoms with Crippen LogP contribution in [0.15, 0.2) is 24.3 Å². The number of ether oxygens (including phenoxy) is 1. The molecule has 1 saturated carbocycles. The summed E-state index contributed by atoms with van der Waals surface area (Å²) in [6.07, 6.45) is 3.98. The zero-order valence-electron chi connectivity index (χ0n) is 14.0. The fourth-order valence-electron chi connectivity index (χ4n) is 3.75. The van der Waals surface area contributed by atoms with Gasteiger partial charge in [0.15, 0.2) is 0 Å². The highest BCUT2D eigenvalue weighted by atomic mass is 16.5. The lowest BCUT2D eigenvalue weighted by Crippen LogP contribution is -2.49. The summed E-state index contributed by atoms with van der Waals surface area (Å²) in [5.74, 6) is -0.0537. The molecule has 1 aromatic rings. The Balaban J connectivity index is 1.85. The van der Waals surface area contributed by atoms with Crippen LogP contribution in [-0.2, 0) is 14.4 Å². The van der Waals surface area contributed by atoms with Gasteiger partial charge in [0.2, 0.25) is 11.8 Å². The fraction of sp³-hybridized carbons (Fsp3) is 0.500. The molecule has 1 heterocycles. The van der Waals surface area contributed by atoms with Gasteiger partial charge in [0.25, 0.3) is 5.91 Å². The van der Waals surface area contributed by atoms with E-state index in [2.05, 4.69) is 0 Å². The van der Waals surface area contributed by atoms with Gasteiger partial charge in [0, 0.05) is 13.0 Å². The molecule has 0 N–H and O–H groups in total. The highest BCUT2D eigenvalue weighted by Gasteiger charge is 2.46. The Morgan fingerprint density at radius 2 is 1.79 bits per heavy atom. The smallest absolute Gasteiger partial charge is 0.257 e. The van der Waals surface area contributed by atoms with Gasteiger partial charge < -0.3 is 9.64 Å². The van der Waals surface area contributed by atoms with Crippen LogP contribution in [-0.4, -0.2) is 41.8 Å². The molecule has 24 heavy (non-hydrogen) atoms. The second-order valence-corrected chi connectivity index (χ2v) is 6.35. The molecule has 3 amide bonds. The lowest BCUT2D eigenvalue weighted by atomic mass is 10.1. The predicted octanol–water partition coefficient (Wildman–Crippen LogP) is 2.12. The third-order valence-electron chi connectivity index (χ3n) is 4.87. The number of carbonyl (C=O) groups is 3. The van der Waals surface area contributed by atoms with E-state index in [4.69, 9.17) is 4.74 Å². The van der Waals surface area contributed by atoms with Crippen molar-refractivity contribution in [3.63, 3.8) is 0 Å². The average molecular weight is 330 g/mol. The number of anilines is 1. The van der Waals surface area contributed by atoms with Crippen LogP contribution in [0.5, 0.6) is 5.75 Å². The van der Waals surface area contributed by atoms with Gasteiger partial charge in [-0.15, -0.1) is 0 Å². The molecule has 6 heteroatoms. The maximum absolute atomic E-state index is 12.9. The van der Waals surface area contributed by atoms with Crippen molar-refractivity contribution in [1.29, 1.82) is 0 Å². The number of hydrogen-bond acceptors (Lipinski definition) is 4. The van der Waals surface area contributed by atoms with Crippen molar-refractivity contribution in [1.82, 2.24) is 4.90 Å². The molecule has 2 aliphatic rings. The second-order valence-electron chi connectivity index (χ2n) is 6.35. The molecule has 0 spiro atoms. The van der Waals surface area contributed by atoms with E-state index in [-0.39, 0.29) is 30.2 Å². The topological polar surface area (TPSA) is 66.9 Å². The Labute approximate surface area is 141 Å². The molecule has 2 fully saturated rings. The molecular formula is C18H22N2O4. The van der Waals surface area contributed by atoms with Gasteiger partial charge in [-0.05, 0) is 37.1 Å². The number of rotatable bonds is 4. The zero-order valence-corrected chi connectivity index (χ0v) is 14.0. The minimum Gasteiger partial charge on any atom is -0.497 e. The van der Waals surface area contributed by atoms with E-state index in [1.165, 1.54) is 11.8 Å². The van der Waals surface area contributed by atoms with Gasteiger partial charge in [0.1, 0.15) is 11.8 Å². The molecule has 1 aliphatic heterocycles. The fourth-order valence-corrected chi connectivity index (χ4v) is 3.75. The largest absolute Gasteiger partial charge is 0.497 e. The summed E-state index contributed by atoms with van der Waals surface area (Å²) in [5, 5.41) is 0. The van der Waals surface area contributed by atoms with Crippen molar-refractivity contribution in [2.75, 3.05) is 12.0 Å². The van der Waals surface area contributed by atoms with E-state index in [1.54, 1.807) is 36.3 Å². The van der Waals surface area contributed by atoms with Crippen molar-refractivity contribution in [2.24, 2.45) is 0 Å². The number of carbonyl (C=O) groups excluding carboxylic acids is 3. The summed E-state index contributed by atoms with van der Waals surface area (Å²) in [6.45, 7) is 1.48. The first-order valence-corrected chi connectivity index (χ1v) is 8.32. The molecule has 1 unspecified atom stereocenters. The Morgan fingerprint density at radius 3 is 2.33 bits per heavy atom. The quantitative estimate of drug-likeness (QED) is 0.793. The molecular weight excluding hydrogens is 308 g/mol. The summed E-state index contributed by atoms with van der Waals surface area (Å²) < 4.78 is 5.10. The monoisotopic (exact) mass is 330 g/mol. The first kappa shape index (κ1) is 16.5. The molecule has 0 bridgehead atoms. The number of benzene rings is 1. The Kier molecular flexibility index (Phi) is 4.55.